The number of aryl methyl sites for hydroxylation is 3. The van der Waals surface area contributed by atoms with E-state index < -0.39 is 0 Å². The predicted molar refractivity (Wildman–Crippen MR) is 112 cm³/mol. The van der Waals surface area contributed by atoms with Crippen molar-refractivity contribution in [2.45, 2.75) is 40.2 Å². The molecule has 0 fully saturated rings. The van der Waals surface area contributed by atoms with Crippen LogP contribution in [0.25, 0.3) is 0 Å². The van der Waals surface area contributed by atoms with E-state index >= 15 is 0 Å². The maximum absolute atomic E-state index is 4.61. The SMILES string of the molecule is CCNC(=NCCCn1cccn1)NCCc1sc(C)nc1C.I. The molecule has 2 aromatic rings. The minimum absolute atomic E-state index is 0. The monoisotopic (exact) mass is 462 g/mol. The van der Waals surface area contributed by atoms with Gasteiger partial charge in [0, 0.05) is 49.9 Å². The van der Waals surface area contributed by atoms with E-state index in [4.69, 9.17) is 0 Å². The highest BCUT2D eigenvalue weighted by Gasteiger charge is 2.05. The van der Waals surface area contributed by atoms with E-state index in [1.165, 1.54) is 4.88 Å². The van der Waals surface area contributed by atoms with Crippen molar-refractivity contribution in [3.63, 3.8) is 0 Å². The molecule has 0 bridgehead atoms. The number of rotatable bonds is 8. The molecule has 0 saturated carbocycles. The van der Waals surface area contributed by atoms with Crippen LogP contribution < -0.4 is 10.6 Å². The molecule has 0 saturated heterocycles. The summed E-state index contributed by atoms with van der Waals surface area (Å²) in [5, 5.41) is 12.0. The fourth-order valence-corrected chi connectivity index (χ4v) is 3.23. The van der Waals surface area contributed by atoms with E-state index in [1.807, 2.05) is 16.9 Å². The Bertz CT molecular complexity index is 608. The summed E-state index contributed by atoms with van der Waals surface area (Å²) >= 11 is 1.78. The Hall–Kier alpha value is -1.16. The topological polar surface area (TPSA) is 67.1 Å². The number of aromatic nitrogens is 3. The Morgan fingerprint density at radius 2 is 2.17 bits per heavy atom. The van der Waals surface area contributed by atoms with Crippen LogP contribution in [0.3, 0.4) is 0 Å². The van der Waals surface area contributed by atoms with Gasteiger partial charge < -0.3 is 10.6 Å². The summed E-state index contributed by atoms with van der Waals surface area (Å²) in [7, 11) is 0. The van der Waals surface area contributed by atoms with Crippen LogP contribution in [0.15, 0.2) is 23.5 Å². The molecular weight excluding hydrogens is 435 g/mol. The predicted octanol–water partition coefficient (Wildman–Crippen LogP) is 2.76. The van der Waals surface area contributed by atoms with Crippen molar-refractivity contribution < 1.29 is 0 Å². The molecule has 24 heavy (non-hydrogen) atoms. The average Bonchev–Trinajstić information content (AvgIpc) is 3.13. The fraction of sp³-hybridized carbons (Fsp3) is 0.562. The first-order valence-electron chi connectivity index (χ1n) is 8.11. The molecule has 8 heteroatoms. The molecule has 0 unspecified atom stereocenters. The Morgan fingerprint density at radius 1 is 1.33 bits per heavy atom. The van der Waals surface area contributed by atoms with Crippen LogP contribution in [0.1, 0.15) is 28.9 Å². The number of halogens is 1. The van der Waals surface area contributed by atoms with E-state index in [2.05, 4.69) is 46.5 Å². The van der Waals surface area contributed by atoms with Crippen LogP contribution in [0.5, 0.6) is 0 Å². The molecule has 0 aliphatic rings. The summed E-state index contributed by atoms with van der Waals surface area (Å²) in [4.78, 5) is 10.4. The summed E-state index contributed by atoms with van der Waals surface area (Å²) < 4.78 is 1.94. The molecule has 0 aliphatic carbocycles. The fourth-order valence-electron chi connectivity index (χ4n) is 2.30. The van der Waals surface area contributed by atoms with Crippen molar-refractivity contribution in [3.05, 3.63) is 34.0 Å². The standard InChI is InChI=1S/C16H26N6S.HI/c1-4-17-16(18-8-5-11-22-12-6-9-20-22)19-10-7-15-13(2)21-14(3)23-15;/h6,9,12H,4-5,7-8,10-11H2,1-3H3,(H2,17,18,19);1H. The molecule has 0 spiro atoms. The average molecular weight is 462 g/mol. The minimum Gasteiger partial charge on any atom is -0.357 e. The molecule has 0 atom stereocenters. The van der Waals surface area contributed by atoms with Crippen LogP contribution in [0, 0.1) is 13.8 Å². The van der Waals surface area contributed by atoms with Gasteiger partial charge in [0.1, 0.15) is 0 Å². The third-order valence-electron chi connectivity index (χ3n) is 3.36. The first-order chi connectivity index (χ1) is 11.2. The zero-order valence-corrected chi connectivity index (χ0v) is 17.7. The number of thiazole rings is 1. The summed E-state index contributed by atoms with van der Waals surface area (Å²) in [6, 6.07) is 1.94. The highest BCUT2D eigenvalue weighted by atomic mass is 127. The maximum atomic E-state index is 4.61. The highest BCUT2D eigenvalue weighted by Crippen LogP contribution is 2.16. The van der Waals surface area contributed by atoms with Gasteiger partial charge in [0.25, 0.3) is 0 Å². The largest absolute Gasteiger partial charge is 0.357 e. The Labute approximate surface area is 165 Å². The molecule has 0 amide bonds. The zero-order valence-electron chi connectivity index (χ0n) is 14.6. The van der Waals surface area contributed by atoms with E-state index in [9.17, 15) is 0 Å². The third kappa shape index (κ3) is 7.16. The first-order valence-corrected chi connectivity index (χ1v) is 8.93. The van der Waals surface area contributed by atoms with Gasteiger partial charge in [-0.25, -0.2) is 4.98 Å². The van der Waals surface area contributed by atoms with Gasteiger partial charge >= 0.3 is 0 Å². The quantitative estimate of drug-likeness (QED) is 0.274. The van der Waals surface area contributed by atoms with Crippen molar-refractivity contribution in [3.8, 4) is 0 Å². The van der Waals surface area contributed by atoms with E-state index in [1.54, 1.807) is 17.5 Å². The molecule has 2 N–H and O–H groups in total. The lowest BCUT2D eigenvalue weighted by Gasteiger charge is -2.11. The number of hydrogen-bond donors (Lipinski definition) is 2. The van der Waals surface area contributed by atoms with Crippen molar-refractivity contribution in [1.82, 2.24) is 25.4 Å². The van der Waals surface area contributed by atoms with Crippen LogP contribution in [0.2, 0.25) is 0 Å². The normalized spacial score (nSPS) is 11.2. The molecule has 0 aliphatic heterocycles. The van der Waals surface area contributed by atoms with Crippen LogP contribution >= 0.6 is 35.3 Å². The van der Waals surface area contributed by atoms with Gasteiger partial charge in [0.05, 0.1) is 10.7 Å². The number of nitrogens with zero attached hydrogens (tertiary/aromatic N) is 4. The lowest BCUT2D eigenvalue weighted by Crippen LogP contribution is -2.38. The minimum atomic E-state index is 0. The highest BCUT2D eigenvalue weighted by molar-refractivity contribution is 14.0. The van der Waals surface area contributed by atoms with Crippen molar-refractivity contribution in [1.29, 1.82) is 0 Å². The zero-order chi connectivity index (χ0) is 16.5. The molecule has 134 valence electrons. The molecule has 0 aromatic carbocycles. The molecule has 6 nitrogen and oxygen atoms in total. The van der Waals surface area contributed by atoms with Crippen molar-refractivity contribution >= 4 is 41.3 Å². The summed E-state index contributed by atoms with van der Waals surface area (Å²) in [6.45, 7) is 9.63. The smallest absolute Gasteiger partial charge is 0.191 e. The van der Waals surface area contributed by atoms with Gasteiger partial charge in [-0.15, -0.1) is 35.3 Å². The van der Waals surface area contributed by atoms with Crippen molar-refractivity contribution in [2.24, 2.45) is 4.99 Å². The second-order valence-corrected chi connectivity index (χ2v) is 6.59. The Morgan fingerprint density at radius 3 is 2.79 bits per heavy atom. The number of nitrogens with one attached hydrogen (secondary N) is 2. The third-order valence-corrected chi connectivity index (χ3v) is 4.50. The second kappa shape index (κ2) is 11.4. The van der Waals surface area contributed by atoms with Crippen LogP contribution in [-0.4, -0.2) is 40.4 Å². The van der Waals surface area contributed by atoms with Gasteiger partial charge in [-0.1, -0.05) is 0 Å². The summed E-state index contributed by atoms with van der Waals surface area (Å²) in [6.07, 6.45) is 5.74. The molecule has 2 aromatic heterocycles. The first kappa shape index (κ1) is 20.9. The Balaban J connectivity index is 0.00000288. The summed E-state index contributed by atoms with van der Waals surface area (Å²) in [5.41, 5.74) is 1.15. The second-order valence-electron chi connectivity index (χ2n) is 5.30. The van der Waals surface area contributed by atoms with Gasteiger partial charge in [0.2, 0.25) is 0 Å². The lowest BCUT2D eigenvalue weighted by atomic mass is 10.3. The molecule has 0 radical (unpaired) electrons. The van der Waals surface area contributed by atoms with E-state index in [0.29, 0.717) is 0 Å². The Kier molecular flexibility index (Phi) is 9.92. The van der Waals surface area contributed by atoms with Crippen LogP contribution in [0.4, 0.5) is 0 Å². The molecule has 2 heterocycles. The van der Waals surface area contributed by atoms with Crippen LogP contribution in [-0.2, 0) is 13.0 Å². The van der Waals surface area contributed by atoms with Gasteiger partial charge in [0.15, 0.2) is 5.96 Å². The molecule has 2 rings (SSSR count). The van der Waals surface area contributed by atoms with Gasteiger partial charge in [-0.3, -0.25) is 9.67 Å². The lowest BCUT2D eigenvalue weighted by molar-refractivity contribution is 0.584. The number of aliphatic imine (C=N–C) groups is 1. The number of hydrogen-bond acceptors (Lipinski definition) is 4. The van der Waals surface area contributed by atoms with E-state index in [-0.39, 0.29) is 24.0 Å². The molecular formula is C16H27IN6S. The number of guanidine groups is 1. The van der Waals surface area contributed by atoms with Gasteiger partial charge in [-0.05, 0) is 33.3 Å². The maximum Gasteiger partial charge on any atom is 0.191 e. The van der Waals surface area contributed by atoms with Crippen molar-refractivity contribution in [2.75, 3.05) is 19.6 Å². The van der Waals surface area contributed by atoms with E-state index in [0.717, 1.165) is 55.7 Å². The summed E-state index contributed by atoms with van der Waals surface area (Å²) in [5.74, 6) is 0.881. The van der Waals surface area contributed by atoms with Gasteiger partial charge in [-0.2, -0.15) is 5.10 Å².